The number of aliphatic hydroxyl groups is 1. The molecule has 0 unspecified atom stereocenters. The molecule has 0 saturated carbocycles. The maximum Gasteiger partial charge on any atom is 0.255 e. The Balaban J connectivity index is 1.72. The van der Waals surface area contributed by atoms with Crippen molar-refractivity contribution in [1.82, 2.24) is 5.32 Å². The third-order valence-corrected chi connectivity index (χ3v) is 4.01. The fourth-order valence-electron chi connectivity index (χ4n) is 2.62. The highest BCUT2D eigenvalue weighted by Gasteiger charge is 2.32. The van der Waals surface area contributed by atoms with Crippen LogP contribution in [0.5, 0.6) is 11.5 Å². The number of nitrogens with one attached hydrogen (secondary N) is 1. The van der Waals surface area contributed by atoms with Gasteiger partial charge in [0, 0.05) is 19.6 Å². The van der Waals surface area contributed by atoms with Crippen LogP contribution in [0.1, 0.15) is 22.3 Å². The fourth-order valence-corrected chi connectivity index (χ4v) is 2.62. The highest BCUT2D eigenvalue weighted by Crippen LogP contribution is 2.26. The van der Waals surface area contributed by atoms with Crippen molar-refractivity contribution >= 4 is 5.91 Å². The van der Waals surface area contributed by atoms with Crippen molar-refractivity contribution in [2.45, 2.75) is 18.9 Å². The lowest BCUT2D eigenvalue weighted by Crippen LogP contribution is -2.43. The highest BCUT2D eigenvalue weighted by atomic mass is 16.5. The zero-order valence-corrected chi connectivity index (χ0v) is 13.6. The van der Waals surface area contributed by atoms with E-state index in [4.69, 9.17) is 9.47 Å². The van der Waals surface area contributed by atoms with Gasteiger partial charge < -0.3 is 19.9 Å². The SMILES string of the molecule is Cc1cccc(Oc2ccccc2C(=O)NC[C@]2(O)CCOC2)c1. The van der Waals surface area contributed by atoms with Gasteiger partial charge in [0.05, 0.1) is 12.2 Å². The summed E-state index contributed by atoms with van der Waals surface area (Å²) in [4.78, 5) is 12.5. The summed E-state index contributed by atoms with van der Waals surface area (Å²) in [5.74, 6) is 0.881. The molecule has 126 valence electrons. The van der Waals surface area contributed by atoms with E-state index < -0.39 is 5.60 Å². The molecule has 5 nitrogen and oxygen atoms in total. The number of para-hydroxylation sites is 1. The van der Waals surface area contributed by atoms with Crippen LogP contribution in [0.15, 0.2) is 48.5 Å². The first-order chi connectivity index (χ1) is 11.6. The van der Waals surface area contributed by atoms with Gasteiger partial charge in [-0.3, -0.25) is 4.79 Å². The number of benzene rings is 2. The minimum absolute atomic E-state index is 0.157. The number of amides is 1. The smallest absolute Gasteiger partial charge is 0.255 e. The molecular formula is C19H21NO4. The molecule has 0 radical (unpaired) electrons. The monoisotopic (exact) mass is 327 g/mol. The van der Waals surface area contributed by atoms with E-state index >= 15 is 0 Å². The first kappa shape index (κ1) is 16.5. The summed E-state index contributed by atoms with van der Waals surface area (Å²) in [5, 5.41) is 13.0. The van der Waals surface area contributed by atoms with Crippen molar-refractivity contribution in [1.29, 1.82) is 0 Å². The number of hydrogen-bond donors (Lipinski definition) is 2. The molecule has 0 bridgehead atoms. The second kappa shape index (κ2) is 7.03. The van der Waals surface area contributed by atoms with Gasteiger partial charge in [0.25, 0.3) is 5.91 Å². The molecule has 1 heterocycles. The second-order valence-corrected chi connectivity index (χ2v) is 6.12. The van der Waals surface area contributed by atoms with Crippen LogP contribution in [-0.2, 0) is 4.74 Å². The van der Waals surface area contributed by atoms with E-state index in [0.29, 0.717) is 30.1 Å². The Morgan fingerprint density at radius 1 is 1.29 bits per heavy atom. The van der Waals surface area contributed by atoms with Crippen LogP contribution in [0, 0.1) is 6.92 Å². The zero-order chi connectivity index (χ0) is 17.0. The quantitative estimate of drug-likeness (QED) is 0.886. The molecule has 1 atom stereocenters. The molecule has 24 heavy (non-hydrogen) atoms. The molecule has 1 fully saturated rings. The van der Waals surface area contributed by atoms with Crippen LogP contribution in [-0.4, -0.2) is 36.4 Å². The van der Waals surface area contributed by atoms with Gasteiger partial charge in [0.2, 0.25) is 0 Å². The molecule has 1 saturated heterocycles. The molecule has 2 N–H and O–H groups in total. The predicted molar refractivity (Wildman–Crippen MR) is 90.4 cm³/mol. The molecule has 0 aliphatic carbocycles. The fraction of sp³-hybridized carbons (Fsp3) is 0.316. The van der Waals surface area contributed by atoms with Gasteiger partial charge in [-0.15, -0.1) is 0 Å². The molecule has 5 heteroatoms. The summed E-state index contributed by atoms with van der Waals surface area (Å²) in [6, 6.07) is 14.7. The Kier molecular flexibility index (Phi) is 4.83. The maximum atomic E-state index is 12.5. The van der Waals surface area contributed by atoms with Crippen molar-refractivity contribution < 1.29 is 19.4 Å². The highest BCUT2D eigenvalue weighted by molar-refractivity contribution is 5.97. The summed E-state index contributed by atoms with van der Waals surface area (Å²) >= 11 is 0. The Hall–Kier alpha value is -2.37. The van der Waals surface area contributed by atoms with E-state index in [1.165, 1.54) is 0 Å². The predicted octanol–water partition coefficient (Wildman–Crippen LogP) is 2.67. The molecule has 1 aliphatic rings. The molecule has 1 amide bonds. The van der Waals surface area contributed by atoms with E-state index in [9.17, 15) is 9.90 Å². The summed E-state index contributed by atoms with van der Waals surface area (Å²) in [6.07, 6.45) is 0.523. The lowest BCUT2D eigenvalue weighted by Gasteiger charge is -2.21. The van der Waals surface area contributed by atoms with Crippen molar-refractivity contribution in [3.05, 3.63) is 59.7 Å². The number of ether oxygens (including phenoxy) is 2. The average Bonchev–Trinajstić information content (AvgIpc) is 3.00. The van der Waals surface area contributed by atoms with Gasteiger partial charge in [0.1, 0.15) is 17.1 Å². The van der Waals surface area contributed by atoms with Gasteiger partial charge in [0.15, 0.2) is 0 Å². The third-order valence-electron chi connectivity index (χ3n) is 4.01. The van der Waals surface area contributed by atoms with Crippen molar-refractivity contribution in [3.63, 3.8) is 0 Å². The lowest BCUT2D eigenvalue weighted by molar-refractivity contribution is 0.0264. The van der Waals surface area contributed by atoms with Gasteiger partial charge in [-0.25, -0.2) is 0 Å². The summed E-state index contributed by atoms with van der Waals surface area (Å²) in [5.41, 5.74) is 0.529. The van der Waals surface area contributed by atoms with Crippen molar-refractivity contribution in [2.24, 2.45) is 0 Å². The lowest BCUT2D eigenvalue weighted by atomic mass is 10.0. The van der Waals surface area contributed by atoms with Crippen LogP contribution in [0.4, 0.5) is 0 Å². The first-order valence-corrected chi connectivity index (χ1v) is 7.98. The molecular weight excluding hydrogens is 306 g/mol. The average molecular weight is 327 g/mol. The van der Waals surface area contributed by atoms with Gasteiger partial charge in [-0.2, -0.15) is 0 Å². The Bertz CT molecular complexity index is 723. The number of hydrogen-bond acceptors (Lipinski definition) is 4. The van der Waals surface area contributed by atoms with E-state index in [2.05, 4.69) is 5.32 Å². The Morgan fingerprint density at radius 2 is 2.12 bits per heavy atom. The molecule has 3 rings (SSSR count). The van der Waals surface area contributed by atoms with Crippen molar-refractivity contribution in [2.75, 3.05) is 19.8 Å². The summed E-state index contributed by atoms with van der Waals surface area (Å²) in [7, 11) is 0. The molecule has 2 aromatic rings. The van der Waals surface area contributed by atoms with E-state index in [1.54, 1.807) is 18.2 Å². The Labute approximate surface area is 141 Å². The first-order valence-electron chi connectivity index (χ1n) is 7.98. The Morgan fingerprint density at radius 3 is 2.88 bits per heavy atom. The van der Waals surface area contributed by atoms with Crippen molar-refractivity contribution in [3.8, 4) is 11.5 Å². The van der Waals surface area contributed by atoms with Gasteiger partial charge in [-0.05, 0) is 36.8 Å². The molecule has 1 aliphatic heterocycles. The number of rotatable bonds is 5. The molecule has 2 aromatic carbocycles. The minimum atomic E-state index is -0.984. The molecule has 0 aromatic heterocycles. The minimum Gasteiger partial charge on any atom is -0.457 e. The zero-order valence-electron chi connectivity index (χ0n) is 13.6. The maximum absolute atomic E-state index is 12.5. The topological polar surface area (TPSA) is 67.8 Å². The number of carbonyl (C=O) groups is 1. The summed E-state index contributed by atoms with van der Waals surface area (Å²) in [6.45, 7) is 2.90. The molecule has 0 spiro atoms. The van der Waals surface area contributed by atoms with E-state index in [1.807, 2.05) is 37.3 Å². The largest absolute Gasteiger partial charge is 0.457 e. The van der Waals surface area contributed by atoms with Crippen LogP contribution in [0.25, 0.3) is 0 Å². The third kappa shape index (κ3) is 3.93. The van der Waals surface area contributed by atoms with Gasteiger partial charge in [-0.1, -0.05) is 24.3 Å². The van der Waals surface area contributed by atoms with Crippen LogP contribution in [0.3, 0.4) is 0 Å². The number of carbonyl (C=O) groups excluding carboxylic acids is 1. The van der Waals surface area contributed by atoms with Crippen LogP contribution in [0.2, 0.25) is 0 Å². The summed E-state index contributed by atoms with van der Waals surface area (Å²) < 4.78 is 11.0. The second-order valence-electron chi connectivity index (χ2n) is 6.12. The van der Waals surface area contributed by atoms with Crippen LogP contribution < -0.4 is 10.1 Å². The number of aryl methyl sites for hydroxylation is 1. The van der Waals surface area contributed by atoms with Crippen LogP contribution >= 0.6 is 0 Å². The normalized spacial score (nSPS) is 19.9. The van der Waals surface area contributed by atoms with E-state index in [0.717, 1.165) is 5.56 Å². The van der Waals surface area contributed by atoms with E-state index in [-0.39, 0.29) is 19.1 Å². The van der Waals surface area contributed by atoms with Gasteiger partial charge >= 0.3 is 0 Å². The standard InChI is InChI=1S/C19H21NO4/c1-14-5-4-6-15(11-14)24-17-8-3-2-7-16(17)18(21)20-12-19(22)9-10-23-13-19/h2-8,11,22H,9-10,12-13H2,1H3,(H,20,21)/t19-/m1/s1.